The lowest BCUT2D eigenvalue weighted by Gasteiger charge is -2.25. The zero-order valence-corrected chi connectivity index (χ0v) is 18.9. The molecule has 0 spiro atoms. The number of sulfone groups is 1. The Hall–Kier alpha value is -2.97. The first-order chi connectivity index (χ1) is 14.7. The van der Waals surface area contributed by atoms with Crippen LogP contribution in [0.5, 0.6) is 0 Å². The van der Waals surface area contributed by atoms with Crippen LogP contribution in [0.3, 0.4) is 0 Å². The van der Waals surface area contributed by atoms with Crippen molar-refractivity contribution in [2.75, 3.05) is 26.4 Å². The molecule has 0 aliphatic rings. The van der Waals surface area contributed by atoms with Gasteiger partial charge in [0.1, 0.15) is 0 Å². The molecular formula is C23H27N3O4S. The van der Waals surface area contributed by atoms with Gasteiger partial charge in [0.2, 0.25) is 0 Å². The molecule has 1 unspecified atom stereocenters. The van der Waals surface area contributed by atoms with Crippen LogP contribution in [-0.2, 0) is 9.84 Å². The normalized spacial score (nSPS) is 12.7. The molecule has 0 saturated heterocycles. The average molecular weight is 442 g/mol. The zero-order chi connectivity index (χ0) is 22.6. The summed E-state index contributed by atoms with van der Waals surface area (Å²) in [7, 11) is 0.663. The van der Waals surface area contributed by atoms with Crippen LogP contribution in [0.2, 0.25) is 0 Å². The SMILES string of the molecule is CCS(=O)(=O)c1ccc(-c2cc(C(=O)NCC(c3ccc(C)cc3)N(C)C)no2)cc1. The van der Waals surface area contributed by atoms with Gasteiger partial charge < -0.3 is 14.7 Å². The summed E-state index contributed by atoms with van der Waals surface area (Å²) in [5.74, 6) is 0.0996. The first-order valence-electron chi connectivity index (χ1n) is 10.0. The van der Waals surface area contributed by atoms with Gasteiger partial charge in [-0.1, -0.05) is 41.9 Å². The van der Waals surface area contributed by atoms with Gasteiger partial charge in [0, 0.05) is 18.2 Å². The van der Waals surface area contributed by atoms with Gasteiger partial charge in [-0.15, -0.1) is 0 Å². The lowest BCUT2D eigenvalue weighted by atomic mass is 10.0. The van der Waals surface area contributed by atoms with Crippen molar-refractivity contribution in [2.45, 2.75) is 24.8 Å². The molecule has 0 radical (unpaired) electrons. The summed E-state index contributed by atoms with van der Waals surface area (Å²) in [6.07, 6.45) is 0. The van der Waals surface area contributed by atoms with Gasteiger partial charge >= 0.3 is 0 Å². The molecule has 0 saturated carbocycles. The number of hydrogen-bond acceptors (Lipinski definition) is 6. The van der Waals surface area contributed by atoms with E-state index >= 15 is 0 Å². The second-order valence-electron chi connectivity index (χ2n) is 7.60. The largest absolute Gasteiger partial charge is 0.355 e. The number of hydrogen-bond donors (Lipinski definition) is 1. The minimum Gasteiger partial charge on any atom is -0.355 e. The van der Waals surface area contributed by atoms with Crippen LogP contribution in [0.15, 0.2) is 64.0 Å². The van der Waals surface area contributed by atoms with E-state index in [1.165, 1.54) is 17.7 Å². The predicted molar refractivity (Wildman–Crippen MR) is 120 cm³/mol. The minimum atomic E-state index is -3.27. The van der Waals surface area contributed by atoms with E-state index in [9.17, 15) is 13.2 Å². The van der Waals surface area contributed by atoms with Crippen LogP contribution < -0.4 is 5.32 Å². The molecule has 31 heavy (non-hydrogen) atoms. The van der Waals surface area contributed by atoms with Crippen molar-refractivity contribution in [2.24, 2.45) is 0 Å². The molecule has 8 heteroatoms. The van der Waals surface area contributed by atoms with Gasteiger partial charge in [0.05, 0.1) is 16.7 Å². The second-order valence-corrected chi connectivity index (χ2v) is 9.88. The fourth-order valence-corrected chi connectivity index (χ4v) is 4.06. The number of rotatable bonds is 8. The van der Waals surface area contributed by atoms with Gasteiger partial charge in [0.15, 0.2) is 21.3 Å². The third-order valence-electron chi connectivity index (χ3n) is 5.16. The molecule has 0 aliphatic heterocycles. The maximum atomic E-state index is 12.6. The highest BCUT2D eigenvalue weighted by atomic mass is 32.2. The highest BCUT2D eigenvalue weighted by molar-refractivity contribution is 7.91. The quantitative estimate of drug-likeness (QED) is 0.575. The number of nitrogens with one attached hydrogen (secondary N) is 1. The van der Waals surface area contributed by atoms with Gasteiger partial charge in [-0.25, -0.2) is 8.42 Å². The van der Waals surface area contributed by atoms with E-state index < -0.39 is 9.84 Å². The summed E-state index contributed by atoms with van der Waals surface area (Å²) in [6, 6.07) is 16.1. The van der Waals surface area contributed by atoms with E-state index in [1.807, 2.05) is 25.9 Å². The number of amides is 1. The maximum absolute atomic E-state index is 12.6. The van der Waals surface area contributed by atoms with E-state index in [0.717, 1.165) is 5.56 Å². The van der Waals surface area contributed by atoms with Gasteiger partial charge in [-0.3, -0.25) is 4.79 Å². The van der Waals surface area contributed by atoms with Gasteiger partial charge in [0.25, 0.3) is 5.91 Å². The van der Waals surface area contributed by atoms with Crippen LogP contribution in [-0.4, -0.2) is 50.8 Å². The third-order valence-corrected chi connectivity index (χ3v) is 6.91. The predicted octanol–water partition coefficient (Wildman–Crippen LogP) is 3.48. The lowest BCUT2D eigenvalue weighted by molar-refractivity contribution is 0.0933. The van der Waals surface area contributed by atoms with Crippen molar-refractivity contribution in [1.29, 1.82) is 0 Å². The number of aromatic nitrogens is 1. The molecule has 3 rings (SSSR count). The Bertz CT molecular complexity index is 1130. The van der Waals surface area contributed by atoms with E-state index in [2.05, 4.69) is 34.7 Å². The Labute approximate surface area is 183 Å². The monoisotopic (exact) mass is 441 g/mol. The molecule has 164 valence electrons. The topological polar surface area (TPSA) is 92.5 Å². The molecule has 7 nitrogen and oxygen atoms in total. The first kappa shape index (κ1) is 22.7. The molecule has 0 bridgehead atoms. The van der Waals surface area contributed by atoms with Crippen molar-refractivity contribution in [1.82, 2.24) is 15.4 Å². The van der Waals surface area contributed by atoms with Gasteiger partial charge in [-0.2, -0.15) is 0 Å². The summed E-state index contributed by atoms with van der Waals surface area (Å²) in [5.41, 5.74) is 3.11. The van der Waals surface area contributed by atoms with Crippen molar-refractivity contribution < 1.29 is 17.7 Å². The number of carbonyl (C=O) groups excluding carboxylic acids is 1. The highest BCUT2D eigenvalue weighted by Gasteiger charge is 2.19. The first-order valence-corrected chi connectivity index (χ1v) is 11.7. The molecule has 0 aliphatic carbocycles. The molecule has 1 aromatic heterocycles. The zero-order valence-electron chi connectivity index (χ0n) is 18.1. The third kappa shape index (κ3) is 5.39. The van der Waals surface area contributed by atoms with Crippen molar-refractivity contribution >= 4 is 15.7 Å². The Balaban J connectivity index is 1.69. The van der Waals surface area contributed by atoms with Crippen molar-refractivity contribution in [3.8, 4) is 11.3 Å². The standard InChI is InChI=1S/C23H27N3O4S/c1-5-31(28,29)19-12-10-18(11-13-19)22-14-20(25-30-22)23(27)24-15-21(26(3)4)17-8-6-16(2)7-9-17/h6-14,21H,5,15H2,1-4H3,(H,24,27). The lowest BCUT2D eigenvalue weighted by Crippen LogP contribution is -2.34. The summed E-state index contributed by atoms with van der Waals surface area (Å²) in [5, 5.41) is 6.78. The van der Waals surface area contributed by atoms with Crippen LogP contribution in [0.1, 0.15) is 34.6 Å². The Morgan fingerprint density at radius 2 is 1.74 bits per heavy atom. The summed E-state index contributed by atoms with van der Waals surface area (Å²) < 4.78 is 29.2. The number of aryl methyl sites for hydroxylation is 1. The van der Waals surface area contributed by atoms with Crippen LogP contribution in [0, 0.1) is 6.92 Å². The number of nitrogens with zero attached hydrogens (tertiary/aromatic N) is 2. The summed E-state index contributed by atoms with van der Waals surface area (Å²) in [4.78, 5) is 14.9. The van der Waals surface area contributed by atoms with Crippen LogP contribution in [0.25, 0.3) is 11.3 Å². The smallest absolute Gasteiger partial charge is 0.273 e. The van der Waals surface area contributed by atoms with Crippen LogP contribution >= 0.6 is 0 Å². The fraction of sp³-hybridized carbons (Fsp3) is 0.304. The second kappa shape index (κ2) is 9.45. The molecule has 2 aromatic carbocycles. The number of benzene rings is 2. The fourth-order valence-electron chi connectivity index (χ4n) is 3.18. The minimum absolute atomic E-state index is 0.0176. The maximum Gasteiger partial charge on any atom is 0.273 e. The average Bonchev–Trinajstić information content (AvgIpc) is 3.25. The molecule has 1 amide bonds. The van der Waals surface area contributed by atoms with Crippen molar-refractivity contribution in [3.05, 3.63) is 71.4 Å². The Kier molecular flexibility index (Phi) is 6.92. The molecule has 1 N–H and O–H groups in total. The van der Waals surface area contributed by atoms with Gasteiger partial charge in [-0.05, 0) is 50.8 Å². The molecule has 1 heterocycles. The van der Waals surface area contributed by atoms with Crippen LogP contribution in [0.4, 0.5) is 0 Å². The molecule has 0 fully saturated rings. The Morgan fingerprint density at radius 1 is 1.10 bits per heavy atom. The van der Waals surface area contributed by atoms with E-state index in [4.69, 9.17) is 4.52 Å². The Morgan fingerprint density at radius 3 is 2.32 bits per heavy atom. The van der Waals surface area contributed by atoms with Crippen molar-refractivity contribution in [3.63, 3.8) is 0 Å². The van der Waals surface area contributed by atoms with E-state index in [-0.39, 0.29) is 28.3 Å². The van der Waals surface area contributed by atoms with E-state index in [1.54, 1.807) is 25.1 Å². The highest BCUT2D eigenvalue weighted by Crippen LogP contribution is 2.23. The molecule has 3 aromatic rings. The summed E-state index contributed by atoms with van der Waals surface area (Å²) in [6.45, 7) is 4.06. The number of carbonyl (C=O) groups is 1. The summed E-state index contributed by atoms with van der Waals surface area (Å²) >= 11 is 0. The molecule has 1 atom stereocenters. The molecular weight excluding hydrogens is 414 g/mol. The number of likely N-dealkylation sites (N-methyl/N-ethyl adjacent to an activating group) is 1. The van der Waals surface area contributed by atoms with E-state index in [0.29, 0.717) is 17.9 Å².